The van der Waals surface area contributed by atoms with Crippen molar-refractivity contribution in [3.8, 4) is 11.5 Å². The van der Waals surface area contributed by atoms with Gasteiger partial charge in [-0.15, -0.1) is 0 Å². The maximum atomic E-state index is 5.27. The predicted molar refractivity (Wildman–Crippen MR) is 64.2 cm³/mol. The van der Waals surface area contributed by atoms with Gasteiger partial charge in [-0.2, -0.15) is 0 Å². The lowest BCUT2D eigenvalue weighted by atomic mass is 9.98. The van der Waals surface area contributed by atoms with Gasteiger partial charge in [-0.3, -0.25) is 0 Å². The van der Waals surface area contributed by atoms with E-state index < -0.39 is 0 Å². The van der Waals surface area contributed by atoms with Gasteiger partial charge in [-0.05, 0) is 49.5 Å². The van der Waals surface area contributed by atoms with E-state index in [0.29, 0.717) is 0 Å². The lowest BCUT2D eigenvalue weighted by molar-refractivity contribution is 0.392. The van der Waals surface area contributed by atoms with Gasteiger partial charge < -0.3 is 14.8 Å². The van der Waals surface area contributed by atoms with E-state index in [4.69, 9.17) is 9.47 Å². The van der Waals surface area contributed by atoms with Crippen LogP contribution in [-0.2, 0) is 6.42 Å². The van der Waals surface area contributed by atoms with Crippen molar-refractivity contribution in [1.82, 2.24) is 5.32 Å². The molecule has 0 amide bonds. The summed E-state index contributed by atoms with van der Waals surface area (Å²) in [6.45, 7) is 2.27. The molecular formula is C13H19NO2. The molecule has 1 atom stereocenters. The van der Waals surface area contributed by atoms with Crippen LogP contribution >= 0.6 is 0 Å². The summed E-state index contributed by atoms with van der Waals surface area (Å²) in [5.74, 6) is 2.50. The van der Waals surface area contributed by atoms with Gasteiger partial charge in [-0.25, -0.2) is 0 Å². The molecule has 1 fully saturated rings. The summed E-state index contributed by atoms with van der Waals surface area (Å²) in [7, 11) is 3.38. The molecule has 3 nitrogen and oxygen atoms in total. The monoisotopic (exact) mass is 221 g/mol. The van der Waals surface area contributed by atoms with Crippen LogP contribution in [0.1, 0.15) is 12.0 Å². The lowest BCUT2D eigenvalue weighted by Gasteiger charge is -2.11. The van der Waals surface area contributed by atoms with E-state index in [0.717, 1.165) is 36.9 Å². The average molecular weight is 221 g/mol. The minimum absolute atomic E-state index is 0.747. The Morgan fingerprint density at radius 1 is 1.19 bits per heavy atom. The fourth-order valence-corrected chi connectivity index (χ4v) is 2.21. The molecule has 0 spiro atoms. The standard InChI is InChI=1S/C13H19NO2/c1-15-12-6-11(7-13(8-12)16-2)5-10-3-4-14-9-10/h6-8,10,14H,3-5,9H2,1-2H3/t10-/m0/s1. The van der Waals surface area contributed by atoms with Gasteiger partial charge in [0.05, 0.1) is 14.2 Å². The average Bonchev–Trinajstić information content (AvgIpc) is 2.81. The van der Waals surface area contributed by atoms with Crippen molar-refractivity contribution in [3.63, 3.8) is 0 Å². The zero-order valence-corrected chi connectivity index (χ0v) is 9.95. The quantitative estimate of drug-likeness (QED) is 0.841. The van der Waals surface area contributed by atoms with Crippen LogP contribution in [0, 0.1) is 5.92 Å². The molecule has 1 heterocycles. The van der Waals surface area contributed by atoms with Crippen molar-refractivity contribution in [1.29, 1.82) is 0 Å². The SMILES string of the molecule is COc1cc(C[C@@H]2CCNC2)cc(OC)c1. The second kappa shape index (κ2) is 5.21. The number of rotatable bonds is 4. The normalized spacial score (nSPS) is 19.8. The molecule has 0 bridgehead atoms. The third kappa shape index (κ3) is 2.67. The molecule has 1 aromatic rings. The molecular weight excluding hydrogens is 202 g/mol. The van der Waals surface area contributed by atoms with Gasteiger partial charge in [0.25, 0.3) is 0 Å². The number of nitrogens with one attached hydrogen (secondary N) is 1. The second-order valence-electron chi connectivity index (χ2n) is 4.28. The molecule has 0 saturated carbocycles. The van der Waals surface area contributed by atoms with Gasteiger partial charge in [0.1, 0.15) is 11.5 Å². The molecule has 1 aliphatic heterocycles. The number of benzene rings is 1. The Hall–Kier alpha value is -1.22. The van der Waals surface area contributed by atoms with Gasteiger partial charge in [0.2, 0.25) is 0 Å². The highest BCUT2D eigenvalue weighted by molar-refractivity contribution is 5.38. The Balaban J connectivity index is 2.12. The topological polar surface area (TPSA) is 30.5 Å². The third-order valence-electron chi connectivity index (χ3n) is 3.10. The second-order valence-corrected chi connectivity index (χ2v) is 4.28. The van der Waals surface area contributed by atoms with E-state index in [9.17, 15) is 0 Å². The maximum absolute atomic E-state index is 5.27. The molecule has 0 radical (unpaired) electrons. The largest absolute Gasteiger partial charge is 0.497 e. The summed E-state index contributed by atoms with van der Waals surface area (Å²) >= 11 is 0. The predicted octanol–water partition coefficient (Wildman–Crippen LogP) is 1.86. The van der Waals surface area contributed by atoms with Crippen LogP contribution in [0.2, 0.25) is 0 Å². The van der Waals surface area contributed by atoms with Gasteiger partial charge >= 0.3 is 0 Å². The Bertz CT molecular complexity index is 324. The molecule has 0 aliphatic carbocycles. The van der Waals surface area contributed by atoms with E-state index in [1.54, 1.807) is 14.2 Å². The summed E-state index contributed by atoms with van der Waals surface area (Å²) in [6, 6.07) is 6.11. The first kappa shape index (κ1) is 11.3. The van der Waals surface area contributed by atoms with Crippen LogP contribution in [0.3, 0.4) is 0 Å². The zero-order valence-electron chi connectivity index (χ0n) is 9.95. The van der Waals surface area contributed by atoms with Gasteiger partial charge in [0.15, 0.2) is 0 Å². The highest BCUT2D eigenvalue weighted by Crippen LogP contribution is 2.25. The fourth-order valence-electron chi connectivity index (χ4n) is 2.21. The zero-order chi connectivity index (χ0) is 11.4. The highest BCUT2D eigenvalue weighted by Gasteiger charge is 2.15. The Morgan fingerprint density at radius 2 is 1.88 bits per heavy atom. The van der Waals surface area contributed by atoms with Crippen LogP contribution in [0.4, 0.5) is 0 Å². The number of hydrogen-bond acceptors (Lipinski definition) is 3. The Labute approximate surface area is 96.8 Å². The molecule has 88 valence electrons. The van der Waals surface area contributed by atoms with Crippen LogP contribution in [0.5, 0.6) is 11.5 Å². The third-order valence-corrected chi connectivity index (χ3v) is 3.10. The molecule has 1 aliphatic rings. The number of methoxy groups -OCH3 is 2. The van der Waals surface area contributed by atoms with Crippen molar-refractivity contribution < 1.29 is 9.47 Å². The Morgan fingerprint density at radius 3 is 2.38 bits per heavy atom. The first-order valence-corrected chi connectivity index (χ1v) is 5.74. The van der Waals surface area contributed by atoms with Crippen LogP contribution in [0.15, 0.2) is 18.2 Å². The number of hydrogen-bond donors (Lipinski definition) is 1. The number of ether oxygens (including phenoxy) is 2. The summed E-state index contributed by atoms with van der Waals surface area (Å²) in [5.41, 5.74) is 1.30. The summed E-state index contributed by atoms with van der Waals surface area (Å²) in [4.78, 5) is 0. The van der Waals surface area contributed by atoms with Gasteiger partial charge in [0, 0.05) is 6.07 Å². The maximum Gasteiger partial charge on any atom is 0.122 e. The summed E-state index contributed by atoms with van der Waals surface area (Å²) in [6.07, 6.45) is 2.36. The minimum atomic E-state index is 0.747. The summed E-state index contributed by atoms with van der Waals surface area (Å²) in [5, 5.41) is 3.39. The molecule has 3 heteroatoms. The van der Waals surface area contributed by atoms with E-state index in [-0.39, 0.29) is 0 Å². The first-order valence-electron chi connectivity index (χ1n) is 5.74. The van der Waals surface area contributed by atoms with Crippen LogP contribution in [-0.4, -0.2) is 27.3 Å². The van der Waals surface area contributed by atoms with Gasteiger partial charge in [-0.1, -0.05) is 0 Å². The lowest BCUT2D eigenvalue weighted by Crippen LogP contribution is -2.10. The van der Waals surface area contributed by atoms with Crippen molar-refractivity contribution in [3.05, 3.63) is 23.8 Å². The Kier molecular flexibility index (Phi) is 3.67. The van der Waals surface area contributed by atoms with E-state index >= 15 is 0 Å². The smallest absolute Gasteiger partial charge is 0.122 e. The molecule has 0 aromatic heterocycles. The van der Waals surface area contributed by atoms with E-state index in [1.807, 2.05) is 6.07 Å². The van der Waals surface area contributed by atoms with Crippen molar-refractivity contribution in [2.24, 2.45) is 5.92 Å². The highest BCUT2D eigenvalue weighted by atomic mass is 16.5. The first-order chi connectivity index (χ1) is 7.81. The van der Waals surface area contributed by atoms with Crippen LogP contribution < -0.4 is 14.8 Å². The van der Waals surface area contributed by atoms with Crippen molar-refractivity contribution >= 4 is 0 Å². The molecule has 2 rings (SSSR count). The molecule has 1 N–H and O–H groups in total. The fraction of sp³-hybridized carbons (Fsp3) is 0.538. The summed E-state index contributed by atoms with van der Waals surface area (Å²) < 4.78 is 10.5. The van der Waals surface area contributed by atoms with Crippen molar-refractivity contribution in [2.75, 3.05) is 27.3 Å². The molecule has 16 heavy (non-hydrogen) atoms. The van der Waals surface area contributed by atoms with E-state index in [2.05, 4.69) is 17.4 Å². The minimum Gasteiger partial charge on any atom is -0.497 e. The van der Waals surface area contributed by atoms with E-state index in [1.165, 1.54) is 12.0 Å². The molecule has 1 aromatic carbocycles. The van der Waals surface area contributed by atoms with Crippen LogP contribution in [0.25, 0.3) is 0 Å². The van der Waals surface area contributed by atoms with Crippen molar-refractivity contribution in [2.45, 2.75) is 12.8 Å². The molecule has 0 unspecified atom stereocenters. The molecule has 1 saturated heterocycles.